The summed E-state index contributed by atoms with van der Waals surface area (Å²) in [6, 6.07) is 7.64. The minimum absolute atomic E-state index is 0.0651. The van der Waals surface area contributed by atoms with Crippen LogP contribution in [-0.2, 0) is 6.61 Å². The minimum Gasteiger partial charge on any atom is -0.492 e. The van der Waals surface area contributed by atoms with E-state index in [-0.39, 0.29) is 6.61 Å². The Labute approximate surface area is 109 Å². The third-order valence-electron chi connectivity index (χ3n) is 3.35. The van der Waals surface area contributed by atoms with E-state index in [2.05, 4.69) is 16.8 Å². The average Bonchev–Trinajstić information content (AvgIpc) is 2.41. The number of hydrogen-bond acceptors (Lipinski definition) is 4. The molecule has 0 atom stereocenters. The molecule has 1 aromatic rings. The van der Waals surface area contributed by atoms with Crippen molar-refractivity contribution >= 4 is 0 Å². The maximum absolute atomic E-state index is 9.05. The summed E-state index contributed by atoms with van der Waals surface area (Å²) in [6.07, 6.45) is 0. The van der Waals surface area contributed by atoms with Crippen molar-refractivity contribution in [2.75, 3.05) is 46.4 Å². The van der Waals surface area contributed by atoms with Gasteiger partial charge in [0.2, 0.25) is 0 Å². The smallest absolute Gasteiger partial charge is 0.119 e. The third-order valence-corrected chi connectivity index (χ3v) is 3.35. The molecule has 1 heterocycles. The van der Waals surface area contributed by atoms with Gasteiger partial charge in [-0.25, -0.2) is 0 Å². The number of hydrogen-bond donors (Lipinski definition) is 1. The van der Waals surface area contributed by atoms with Crippen LogP contribution in [-0.4, -0.2) is 61.3 Å². The highest BCUT2D eigenvalue weighted by atomic mass is 16.5. The molecule has 1 saturated heterocycles. The van der Waals surface area contributed by atoms with Gasteiger partial charge in [0, 0.05) is 32.7 Å². The first-order valence-corrected chi connectivity index (χ1v) is 6.51. The fraction of sp³-hybridized carbons (Fsp3) is 0.571. The van der Waals surface area contributed by atoms with Crippen molar-refractivity contribution in [1.29, 1.82) is 0 Å². The van der Waals surface area contributed by atoms with Gasteiger partial charge < -0.3 is 14.7 Å². The molecule has 0 saturated carbocycles. The average molecular weight is 250 g/mol. The Morgan fingerprint density at radius 1 is 1.22 bits per heavy atom. The standard InChI is InChI=1S/C14H22N2O2/c1-15-5-7-16(8-6-15)9-10-18-14-4-2-3-13(11-14)12-17/h2-4,11,17H,5-10,12H2,1H3. The highest BCUT2D eigenvalue weighted by Gasteiger charge is 2.12. The molecular formula is C14H22N2O2. The fourth-order valence-corrected chi connectivity index (χ4v) is 2.10. The van der Waals surface area contributed by atoms with Crippen LogP contribution >= 0.6 is 0 Å². The number of aliphatic hydroxyl groups is 1. The van der Waals surface area contributed by atoms with Crippen LogP contribution in [0.2, 0.25) is 0 Å². The van der Waals surface area contributed by atoms with Gasteiger partial charge in [0.15, 0.2) is 0 Å². The van der Waals surface area contributed by atoms with Crippen molar-refractivity contribution in [2.45, 2.75) is 6.61 Å². The van der Waals surface area contributed by atoms with Crippen molar-refractivity contribution in [1.82, 2.24) is 9.80 Å². The van der Waals surface area contributed by atoms with Crippen molar-refractivity contribution < 1.29 is 9.84 Å². The minimum atomic E-state index is 0.0651. The lowest BCUT2D eigenvalue weighted by Crippen LogP contribution is -2.45. The normalized spacial score (nSPS) is 17.9. The molecule has 1 aromatic carbocycles. The Morgan fingerprint density at radius 3 is 2.72 bits per heavy atom. The lowest BCUT2D eigenvalue weighted by Gasteiger charge is -2.32. The Morgan fingerprint density at radius 2 is 2.00 bits per heavy atom. The maximum atomic E-state index is 9.05. The van der Waals surface area contributed by atoms with Gasteiger partial charge in [-0.15, -0.1) is 0 Å². The fourth-order valence-electron chi connectivity index (χ4n) is 2.10. The van der Waals surface area contributed by atoms with Crippen LogP contribution in [0.5, 0.6) is 5.75 Å². The summed E-state index contributed by atoms with van der Waals surface area (Å²) in [6.45, 7) is 6.26. The molecule has 1 aliphatic rings. The summed E-state index contributed by atoms with van der Waals surface area (Å²) in [4.78, 5) is 4.78. The lowest BCUT2D eigenvalue weighted by atomic mass is 10.2. The molecule has 4 heteroatoms. The van der Waals surface area contributed by atoms with E-state index < -0.39 is 0 Å². The Hall–Kier alpha value is -1.10. The van der Waals surface area contributed by atoms with E-state index in [1.165, 1.54) is 0 Å². The van der Waals surface area contributed by atoms with Crippen LogP contribution in [0.4, 0.5) is 0 Å². The Balaban J connectivity index is 1.71. The molecule has 1 N–H and O–H groups in total. The number of rotatable bonds is 5. The molecule has 0 amide bonds. The molecule has 18 heavy (non-hydrogen) atoms. The number of aliphatic hydroxyl groups excluding tert-OH is 1. The molecule has 0 aliphatic carbocycles. The van der Waals surface area contributed by atoms with Crippen molar-refractivity contribution in [3.63, 3.8) is 0 Å². The highest BCUT2D eigenvalue weighted by Crippen LogP contribution is 2.13. The molecule has 0 spiro atoms. The molecule has 0 bridgehead atoms. The summed E-state index contributed by atoms with van der Waals surface area (Å²) in [5, 5.41) is 9.05. The van der Waals surface area contributed by atoms with E-state index in [4.69, 9.17) is 9.84 Å². The van der Waals surface area contributed by atoms with Gasteiger partial charge >= 0.3 is 0 Å². The van der Waals surface area contributed by atoms with Gasteiger partial charge in [-0.2, -0.15) is 0 Å². The largest absolute Gasteiger partial charge is 0.492 e. The molecule has 1 fully saturated rings. The van der Waals surface area contributed by atoms with Gasteiger partial charge in [0.25, 0.3) is 0 Å². The molecule has 2 rings (SSSR count). The predicted octanol–water partition coefficient (Wildman–Crippen LogP) is 0.805. The number of piperazine rings is 1. The van der Waals surface area contributed by atoms with E-state index >= 15 is 0 Å². The van der Waals surface area contributed by atoms with Crippen LogP contribution in [0.1, 0.15) is 5.56 Å². The van der Waals surface area contributed by atoms with E-state index in [0.29, 0.717) is 6.61 Å². The van der Waals surface area contributed by atoms with Crippen LogP contribution in [0.3, 0.4) is 0 Å². The first-order chi connectivity index (χ1) is 8.78. The zero-order valence-electron chi connectivity index (χ0n) is 11.0. The molecule has 0 radical (unpaired) electrons. The van der Waals surface area contributed by atoms with Crippen molar-refractivity contribution in [2.24, 2.45) is 0 Å². The van der Waals surface area contributed by atoms with E-state index in [1.54, 1.807) is 0 Å². The number of nitrogens with zero attached hydrogens (tertiary/aromatic N) is 2. The topological polar surface area (TPSA) is 35.9 Å². The summed E-state index contributed by atoms with van der Waals surface area (Å²) >= 11 is 0. The summed E-state index contributed by atoms with van der Waals surface area (Å²) in [7, 11) is 2.16. The van der Waals surface area contributed by atoms with Crippen LogP contribution in [0, 0.1) is 0 Å². The van der Waals surface area contributed by atoms with E-state index in [0.717, 1.165) is 44.0 Å². The summed E-state index contributed by atoms with van der Waals surface area (Å²) < 4.78 is 5.71. The number of ether oxygens (including phenoxy) is 1. The van der Waals surface area contributed by atoms with Crippen LogP contribution in [0.25, 0.3) is 0 Å². The second-order valence-corrected chi connectivity index (χ2v) is 4.80. The number of benzene rings is 1. The van der Waals surface area contributed by atoms with Gasteiger partial charge in [-0.3, -0.25) is 4.90 Å². The first-order valence-electron chi connectivity index (χ1n) is 6.51. The molecule has 1 aliphatic heterocycles. The maximum Gasteiger partial charge on any atom is 0.119 e. The second kappa shape index (κ2) is 6.73. The van der Waals surface area contributed by atoms with Gasteiger partial charge in [0.05, 0.1) is 6.61 Å². The zero-order valence-corrected chi connectivity index (χ0v) is 11.0. The van der Waals surface area contributed by atoms with Crippen LogP contribution < -0.4 is 4.74 Å². The molecule has 4 nitrogen and oxygen atoms in total. The SMILES string of the molecule is CN1CCN(CCOc2cccc(CO)c2)CC1. The summed E-state index contributed by atoms with van der Waals surface area (Å²) in [5.41, 5.74) is 0.895. The molecule has 100 valence electrons. The number of likely N-dealkylation sites (N-methyl/N-ethyl adjacent to an activating group) is 1. The highest BCUT2D eigenvalue weighted by molar-refractivity contribution is 5.27. The lowest BCUT2D eigenvalue weighted by molar-refractivity contribution is 0.133. The molecular weight excluding hydrogens is 228 g/mol. The molecule has 0 aromatic heterocycles. The van der Waals surface area contributed by atoms with E-state index in [9.17, 15) is 0 Å². The first kappa shape index (κ1) is 13.3. The van der Waals surface area contributed by atoms with Gasteiger partial charge in [0.1, 0.15) is 12.4 Å². The molecule has 0 unspecified atom stereocenters. The van der Waals surface area contributed by atoms with Crippen molar-refractivity contribution in [3.8, 4) is 5.75 Å². The monoisotopic (exact) mass is 250 g/mol. The summed E-state index contributed by atoms with van der Waals surface area (Å²) in [5.74, 6) is 0.843. The van der Waals surface area contributed by atoms with Gasteiger partial charge in [-0.05, 0) is 24.7 Å². The Kier molecular flexibility index (Phi) is 4.99. The van der Waals surface area contributed by atoms with Crippen molar-refractivity contribution in [3.05, 3.63) is 29.8 Å². The Bertz CT molecular complexity index is 363. The predicted molar refractivity (Wildman–Crippen MR) is 71.8 cm³/mol. The van der Waals surface area contributed by atoms with Gasteiger partial charge in [-0.1, -0.05) is 12.1 Å². The zero-order chi connectivity index (χ0) is 12.8. The third kappa shape index (κ3) is 3.98. The van der Waals surface area contributed by atoms with Crippen LogP contribution in [0.15, 0.2) is 24.3 Å². The quantitative estimate of drug-likeness (QED) is 0.839. The van der Waals surface area contributed by atoms with E-state index in [1.807, 2.05) is 24.3 Å². The second-order valence-electron chi connectivity index (χ2n) is 4.80.